The maximum Gasteiger partial charge on any atom is 0.254 e. The first kappa shape index (κ1) is 28.9. The number of aldehydes is 1. The van der Waals surface area contributed by atoms with Crippen LogP contribution < -0.4 is 10.6 Å². The third-order valence-corrected chi connectivity index (χ3v) is 5.23. The summed E-state index contributed by atoms with van der Waals surface area (Å²) in [5, 5.41) is 6.10. The van der Waals surface area contributed by atoms with Crippen LogP contribution in [0.2, 0.25) is 0 Å². The first-order valence-corrected chi connectivity index (χ1v) is 11.5. The molecule has 1 atom stereocenters. The van der Waals surface area contributed by atoms with Crippen LogP contribution in [0.1, 0.15) is 72.7 Å². The Morgan fingerprint density at radius 2 is 1.79 bits per heavy atom. The van der Waals surface area contributed by atoms with Crippen molar-refractivity contribution in [1.82, 2.24) is 15.5 Å². The number of amides is 1. The molecular weight excluding hydrogens is 434 g/mol. The summed E-state index contributed by atoms with van der Waals surface area (Å²) in [6, 6.07) is 4.09. The number of benzene rings is 1. The number of nitrogens with zero attached hydrogens (tertiary/aromatic N) is 1. The maximum atomic E-state index is 13.2. The van der Waals surface area contributed by atoms with Gasteiger partial charge in [0.05, 0.1) is 24.7 Å². The van der Waals surface area contributed by atoms with Gasteiger partial charge in [-0.15, -0.1) is 0 Å². The van der Waals surface area contributed by atoms with E-state index >= 15 is 0 Å². The molecule has 0 spiro atoms. The highest BCUT2D eigenvalue weighted by Gasteiger charge is 2.27. The Kier molecular flexibility index (Phi) is 13.3. The minimum atomic E-state index is -0.747. The second-order valence-electron chi connectivity index (χ2n) is 8.11. The number of likely N-dealkylation sites (N-methyl/N-ethyl adjacent to an activating group) is 1. The zero-order chi connectivity index (χ0) is 25.5. The number of hydrogen-bond acceptors (Lipinski definition) is 7. The fourth-order valence-electron chi connectivity index (χ4n) is 3.42. The van der Waals surface area contributed by atoms with Crippen molar-refractivity contribution in [2.75, 3.05) is 33.2 Å². The van der Waals surface area contributed by atoms with E-state index in [9.17, 15) is 24.0 Å². The molecule has 0 aromatic heterocycles. The van der Waals surface area contributed by atoms with Crippen molar-refractivity contribution in [3.63, 3.8) is 0 Å². The van der Waals surface area contributed by atoms with Gasteiger partial charge < -0.3 is 15.5 Å². The quantitative estimate of drug-likeness (QED) is 0.229. The summed E-state index contributed by atoms with van der Waals surface area (Å²) in [5.41, 5.74) is 0.749. The minimum absolute atomic E-state index is 0.0590. The lowest BCUT2D eigenvalue weighted by Crippen LogP contribution is -2.42. The smallest absolute Gasteiger partial charge is 0.254 e. The monoisotopic (exact) mass is 469 g/mol. The van der Waals surface area contributed by atoms with Crippen molar-refractivity contribution >= 4 is 29.5 Å². The maximum absolute atomic E-state index is 13.2. The molecule has 0 aliphatic carbocycles. The molecule has 0 saturated heterocycles. The van der Waals surface area contributed by atoms with Crippen molar-refractivity contribution < 1.29 is 24.0 Å². The van der Waals surface area contributed by atoms with Gasteiger partial charge in [-0.05, 0) is 38.8 Å². The summed E-state index contributed by atoms with van der Waals surface area (Å²) in [6.07, 6.45) is 2.25. The molecule has 0 fully saturated rings. The molecule has 184 valence electrons. The molecule has 0 aliphatic heterocycles. The third-order valence-electron chi connectivity index (χ3n) is 5.23. The molecule has 1 unspecified atom stereocenters. The molecule has 8 nitrogen and oxygen atoms in total. The predicted molar refractivity (Wildman–Crippen MR) is 131 cm³/mol. The number of rotatable bonds is 15. The van der Waals surface area contributed by atoms with Crippen molar-refractivity contribution in [3.8, 4) is 11.8 Å². The lowest BCUT2D eigenvalue weighted by Gasteiger charge is -2.26. The molecule has 0 bridgehead atoms. The number of nitrogens with one attached hydrogen (secondary N) is 2. The molecule has 8 heteroatoms. The van der Waals surface area contributed by atoms with Crippen LogP contribution in [0.4, 0.5) is 0 Å². The minimum Gasteiger partial charge on any atom is -0.332 e. The van der Waals surface area contributed by atoms with E-state index in [2.05, 4.69) is 22.5 Å². The molecule has 0 saturated carbocycles. The molecule has 1 aromatic rings. The van der Waals surface area contributed by atoms with Crippen LogP contribution in [0.3, 0.4) is 0 Å². The Hall–Kier alpha value is -3.15. The van der Waals surface area contributed by atoms with Crippen LogP contribution in [0.15, 0.2) is 18.2 Å². The lowest BCUT2D eigenvalue weighted by molar-refractivity contribution is -0.122. The number of carbonyl (C=O) groups excluding carboxylic acids is 5. The summed E-state index contributed by atoms with van der Waals surface area (Å²) >= 11 is 0. The van der Waals surface area contributed by atoms with Crippen molar-refractivity contribution in [3.05, 3.63) is 34.9 Å². The van der Waals surface area contributed by atoms with Crippen LogP contribution in [0, 0.1) is 11.8 Å². The van der Waals surface area contributed by atoms with Crippen molar-refractivity contribution in [1.29, 1.82) is 0 Å². The molecule has 34 heavy (non-hydrogen) atoms. The second kappa shape index (κ2) is 15.6. The highest BCUT2D eigenvalue weighted by atomic mass is 16.2. The summed E-state index contributed by atoms with van der Waals surface area (Å²) in [5.74, 6) is 5.28. The third kappa shape index (κ3) is 9.77. The van der Waals surface area contributed by atoms with Gasteiger partial charge in [-0.25, -0.2) is 0 Å². The molecular formula is C26H35N3O5. The van der Waals surface area contributed by atoms with Crippen molar-refractivity contribution in [2.24, 2.45) is 0 Å². The Morgan fingerprint density at radius 3 is 2.41 bits per heavy atom. The van der Waals surface area contributed by atoms with Crippen LogP contribution >= 0.6 is 0 Å². The SMILES string of the molecule is CCCC(=O)CCC(C(C)=O)N(C)C(=O)c1cccc(C#CCNCCNCC(C)=O)c1C=O. The van der Waals surface area contributed by atoms with Gasteiger partial charge in [0.15, 0.2) is 12.1 Å². The van der Waals surface area contributed by atoms with Crippen LogP contribution in [-0.2, 0) is 14.4 Å². The fourth-order valence-corrected chi connectivity index (χ4v) is 3.42. The molecule has 0 aliphatic rings. The first-order valence-electron chi connectivity index (χ1n) is 11.5. The lowest BCUT2D eigenvalue weighted by atomic mass is 9.98. The zero-order valence-electron chi connectivity index (χ0n) is 20.5. The average Bonchev–Trinajstić information content (AvgIpc) is 2.79. The van der Waals surface area contributed by atoms with Crippen LogP contribution in [-0.4, -0.2) is 73.7 Å². The van der Waals surface area contributed by atoms with Crippen molar-refractivity contribution in [2.45, 2.75) is 52.5 Å². The van der Waals surface area contributed by atoms with Gasteiger partial charge >= 0.3 is 0 Å². The second-order valence-corrected chi connectivity index (χ2v) is 8.11. The van der Waals surface area contributed by atoms with Gasteiger partial charge in [0.25, 0.3) is 5.91 Å². The largest absolute Gasteiger partial charge is 0.332 e. The molecule has 0 radical (unpaired) electrons. The Morgan fingerprint density at radius 1 is 1.09 bits per heavy atom. The summed E-state index contributed by atoms with van der Waals surface area (Å²) in [4.78, 5) is 61.3. The fraction of sp³-hybridized carbons (Fsp3) is 0.500. The van der Waals surface area contributed by atoms with Crippen LogP contribution in [0.5, 0.6) is 0 Å². The first-order chi connectivity index (χ1) is 16.2. The highest BCUT2D eigenvalue weighted by molar-refractivity contribution is 6.04. The molecule has 2 N–H and O–H groups in total. The van der Waals surface area contributed by atoms with E-state index in [1.807, 2.05) is 6.92 Å². The van der Waals surface area contributed by atoms with Gasteiger partial charge in [0.1, 0.15) is 11.6 Å². The van der Waals surface area contributed by atoms with Gasteiger partial charge in [0, 0.05) is 44.1 Å². The number of Topliss-reactive ketones (excluding diaryl/α,β-unsaturated/α-hetero) is 3. The van der Waals surface area contributed by atoms with E-state index in [-0.39, 0.29) is 41.3 Å². The summed E-state index contributed by atoms with van der Waals surface area (Å²) in [6.45, 7) is 6.77. The number of hydrogen-bond donors (Lipinski definition) is 2. The average molecular weight is 470 g/mol. The number of ketones is 3. The summed E-state index contributed by atoms with van der Waals surface area (Å²) < 4.78 is 0. The van der Waals surface area contributed by atoms with E-state index in [0.717, 1.165) is 6.42 Å². The van der Waals surface area contributed by atoms with Gasteiger partial charge in [0.2, 0.25) is 0 Å². The van der Waals surface area contributed by atoms with E-state index in [1.54, 1.807) is 12.1 Å². The van der Waals surface area contributed by atoms with Gasteiger partial charge in [-0.2, -0.15) is 0 Å². The molecule has 1 rings (SSSR count). The predicted octanol–water partition coefficient (Wildman–Crippen LogP) is 1.80. The normalized spacial score (nSPS) is 11.2. The topological polar surface area (TPSA) is 113 Å². The van der Waals surface area contributed by atoms with E-state index in [1.165, 1.54) is 31.9 Å². The Labute approximate surface area is 201 Å². The molecule has 1 amide bonds. The number of carbonyl (C=O) groups is 5. The highest BCUT2D eigenvalue weighted by Crippen LogP contribution is 2.18. The Bertz CT molecular complexity index is 945. The van der Waals surface area contributed by atoms with E-state index < -0.39 is 11.9 Å². The summed E-state index contributed by atoms with van der Waals surface area (Å²) in [7, 11) is 1.51. The molecule has 1 aromatic carbocycles. The van der Waals surface area contributed by atoms with Gasteiger partial charge in [-0.1, -0.05) is 24.8 Å². The van der Waals surface area contributed by atoms with E-state index in [0.29, 0.717) is 44.4 Å². The van der Waals surface area contributed by atoms with E-state index in [4.69, 9.17) is 0 Å². The van der Waals surface area contributed by atoms with Gasteiger partial charge in [-0.3, -0.25) is 24.0 Å². The Balaban J connectivity index is 2.89. The zero-order valence-corrected chi connectivity index (χ0v) is 20.5. The van der Waals surface area contributed by atoms with Crippen LogP contribution in [0.25, 0.3) is 0 Å². The standard InChI is InChI=1S/C26H35N3O5/c1-5-8-22(33)12-13-25(20(3)32)29(4)26(34)23-11-6-9-21(24(23)18-30)10-7-14-27-15-16-28-17-19(2)31/h6,9,11,18,25,27-28H,5,8,12-17H2,1-4H3. The molecule has 0 heterocycles.